The number of nitrogens with one attached hydrogen (secondary N) is 1. The minimum Gasteiger partial charge on any atom is -0.362 e. The molecule has 0 aromatic heterocycles. The van der Waals surface area contributed by atoms with Gasteiger partial charge in [-0.2, -0.15) is 0 Å². The third-order valence-electron chi connectivity index (χ3n) is 3.75. The Hall–Kier alpha value is -1.62. The summed E-state index contributed by atoms with van der Waals surface area (Å²) >= 11 is 0. The van der Waals surface area contributed by atoms with Crippen molar-refractivity contribution >= 4 is 11.4 Å². The Morgan fingerprint density at radius 3 is 2.89 bits per heavy atom. The van der Waals surface area contributed by atoms with Crippen molar-refractivity contribution in [3.63, 3.8) is 0 Å². The third kappa shape index (κ3) is 2.87. The molecule has 1 heterocycles. The zero-order chi connectivity index (χ0) is 13.8. The van der Waals surface area contributed by atoms with Crippen LogP contribution in [0.5, 0.6) is 0 Å². The molecule has 0 saturated carbocycles. The van der Waals surface area contributed by atoms with Gasteiger partial charge in [0.25, 0.3) is 5.69 Å². The molecule has 0 radical (unpaired) electrons. The number of aryl methyl sites for hydroxylation is 1. The molecule has 104 valence electrons. The fourth-order valence-corrected chi connectivity index (χ4v) is 2.86. The summed E-state index contributed by atoms with van der Waals surface area (Å²) in [5, 5.41) is 14.6. The SMILES string of the molecule is CCN(c1c(C)cccc1[N+](=O)[O-])C1CCCNC1. The highest BCUT2D eigenvalue weighted by Crippen LogP contribution is 2.33. The Bertz CT molecular complexity index is 456. The summed E-state index contributed by atoms with van der Waals surface area (Å²) < 4.78 is 0. The predicted molar refractivity (Wildman–Crippen MR) is 76.7 cm³/mol. The molecule has 0 aliphatic carbocycles. The molecule has 5 nitrogen and oxygen atoms in total. The first kappa shape index (κ1) is 13.8. The van der Waals surface area contributed by atoms with Crippen LogP contribution in [0.4, 0.5) is 11.4 Å². The number of piperidine rings is 1. The average molecular weight is 263 g/mol. The van der Waals surface area contributed by atoms with Gasteiger partial charge in [0.2, 0.25) is 0 Å². The highest BCUT2D eigenvalue weighted by Gasteiger charge is 2.27. The number of para-hydroxylation sites is 1. The first-order valence-electron chi connectivity index (χ1n) is 6.86. The van der Waals surface area contributed by atoms with Crippen molar-refractivity contribution in [1.29, 1.82) is 0 Å². The fraction of sp³-hybridized carbons (Fsp3) is 0.571. The fourth-order valence-electron chi connectivity index (χ4n) is 2.86. The second-order valence-corrected chi connectivity index (χ2v) is 4.99. The van der Waals surface area contributed by atoms with E-state index in [4.69, 9.17) is 0 Å². The van der Waals surface area contributed by atoms with E-state index < -0.39 is 0 Å². The molecule has 1 fully saturated rings. The van der Waals surface area contributed by atoms with Crippen LogP contribution in [0.2, 0.25) is 0 Å². The van der Waals surface area contributed by atoms with Gasteiger partial charge in [0.1, 0.15) is 5.69 Å². The van der Waals surface area contributed by atoms with Gasteiger partial charge < -0.3 is 10.2 Å². The van der Waals surface area contributed by atoms with Gasteiger partial charge in [-0.3, -0.25) is 10.1 Å². The Morgan fingerprint density at radius 2 is 2.32 bits per heavy atom. The van der Waals surface area contributed by atoms with E-state index in [0.29, 0.717) is 6.04 Å². The molecule has 1 atom stereocenters. The molecule has 1 aliphatic rings. The van der Waals surface area contributed by atoms with E-state index in [1.807, 2.05) is 13.0 Å². The van der Waals surface area contributed by atoms with Gasteiger partial charge in [-0.1, -0.05) is 12.1 Å². The zero-order valence-corrected chi connectivity index (χ0v) is 11.6. The van der Waals surface area contributed by atoms with Crippen LogP contribution >= 0.6 is 0 Å². The number of hydrogen-bond acceptors (Lipinski definition) is 4. The van der Waals surface area contributed by atoms with Gasteiger partial charge in [0.05, 0.1) is 4.92 Å². The van der Waals surface area contributed by atoms with Gasteiger partial charge in [-0.05, 0) is 38.8 Å². The van der Waals surface area contributed by atoms with E-state index in [-0.39, 0.29) is 10.6 Å². The summed E-state index contributed by atoms with van der Waals surface area (Å²) in [6.07, 6.45) is 2.22. The van der Waals surface area contributed by atoms with Crippen LogP contribution in [-0.2, 0) is 0 Å². The standard InChI is InChI=1S/C14H21N3O2/c1-3-16(12-7-5-9-15-10-12)14-11(2)6-4-8-13(14)17(18)19/h4,6,8,12,15H,3,5,7,9-10H2,1-2H3. The number of nitro groups is 1. The molecule has 1 aromatic rings. The second-order valence-electron chi connectivity index (χ2n) is 4.99. The lowest BCUT2D eigenvalue weighted by Gasteiger charge is -2.36. The maximum Gasteiger partial charge on any atom is 0.292 e. The molecule has 1 N–H and O–H groups in total. The number of hydrogen-bond donors (Lipinski definition) is 1. The van der Waals surface area contributed by atoms with E-state index in [1.165, 1.54) is 0 Å². The molecule has 1 aliphatic heterocycles. The van der Waals surface area contributed by atoms with E-state index in [2.05, 4.69) is 17.1 Å². The lowest BCUT2D eigenvalue weighted by Crippen LogP contribution is -2.46. The first-order valence-corrected chi connectivity index (χ1v) is 6.86. The minimum absolute atomic E-state index is 0.215. The average Bonchev–Trinajstić information content (AvgIpc) is 2.42. The molecule has 0 amide bonds. The Labute approximate surface area is 113 Å². The lowest BCUT2D eigenvalue weighted by molar-refractivity contribution is -0.384. The summed E-state index contributed by atoms with van der Waals surface area (Å²) in [6.45, 7) is 6.74. The molecule has 0 spiro atoms. The number of nitrogens with zero attached hydrogens (tertiary/aromatic N) is 2. The normalized spacial score (nSPS) is 19.2. The van der Waals surface area contributed by atoms with E-state index in [1.54, 1.807) is 12.1 Å². The van der Waals surface area contributed by atoms with Crippen molar-refractivity contribution in [2.45, 2.75) is 32.7 Å². The van der Waals surface area contributed by atoms with Crippen LogP contribution < -0.4 is 10.2 Å². The third-order valence-corrected chi connectivity index (χ3v) is 3.75. The first-order chi connectivity index (χ1) is 9.15. The van der Waals surface area contributed by atoms with Crippen LogP contribution in [0.25, 0.3) is 0 Å². The maximum absolute atomic E-state index is 11.2. The quantitative estimate of drug-likeness (QED) is 0.669. The van der Waals surface area contributed by atoms with Gasteiger partial charge in [0, 0.05) is 25.2 Å². The predicted octanol–water partition coefficient (Wildman–Crippen LogP) is 2.48. The van der Waals surface area contributed by atoms with Crippen molar-refractivity contribution in [2.24, 2.45) is 0 Å². The molecule has 2 rings (SSSR count). The number of nitro benzene ring substituents is 1. The molecule has 1 aromatic carbocycles. The van der Waals surface area contributed by atoms with Crippen LogP contribution in [-0.4, -0.2) is 30.6 Å². The summed E-state index contributed by atoms with van der Waals surface area (Å²) in [6, 6.07) is 5.64. The number of likely N-dealkylation sites (N-methyl/N-ethyl adjacent to an activating group) is 1. The van der Waals surface area contributed by atoms with Gasteiger partial charge in [-0.15, -0.1) is 0 Å². The second kappa shape index (κ2) is 6.02. The summed E-state index contributed by atoms with van der Waals surface area (Å²) in [5.41, 5.74) is 1.97. The van der Waals surface area contributed by atoms with Crippen LogP contribution in [0, 0.1) is 17.0 Å². The Balaban J connectivity index is 2.39. The largest absolute Gasteiger partial charge is 0.362 e. The zero-order valence-electron chi connectivity index (χ0n) is 11.6. The van der Waals surface area contributed by atoms with E-state index in [0.717, 1.165) is 43.7 Å². The van der Waals surface area contributed by atoms with Crippen molar-refractivity contribution in [1.82, 2.24) is 5.32 Å². The number of anilines is 1. The molecule has 19 heavy (non-hydrogen) atoms. The highest BCUT2D eigenvalue weighted by atomic mass is 16.6. The molecule has 1 unspecified atom stereocenters. The van der Waals surface area contributed by atoms with Gasteiger partial charge >= 0.3 is 0 Å². The molecular formula is C14H21N3O2. The van der Waals surface area contributed by atoms with Crippen LogP contribution in [0.3, 0.4) is 0 Å². The maximum atomic E-state index is 11.2. The van der Waals surface area contributed by atoms with Gasteiger partial charge in [0.15, 0.2) is 0 Å². The topological polar surface area (TPSA) is 58.4 Å². The van der Waals surface area contributed by atoms with Crippen LogP contribution in [0.15, 0.2) is 18.2 Å². The Morgan fingerprint density at radius 1 is 1.53 bits per heavy atom. The Kier molecular flexibility index (Phi) is 4.37. The summed E-state index contributed by atoms with van der Waals surface area (Å²) in [4.78, 5) is 13.1. The van der Waals surface area contributed by atoms with E-state index in [9.17, 15) is 10.1 Å². The smallest absolute Gasteiger partial charge is 0.292 e. The molecule has 1 saturated heterocycles. The molecular weight excluding hydrogens is 242 g/mol. The van der Waals surface area contributed by atoms with Crippen LogP contribution in [0.1, 0.15) is 25.3 Å². The van der Waals surface area contributed by atoms with E-state index >= 15 is 0 Å². The van der Waals surface area contributed by atoms with Crippen molar-refractivity contribution in [3.8, 4) is 0 Å². The van der Waals surface area contributed by atoms with Crippen molar-refractivity contribution in [3.05, 3.63) is 33.9 Å². The van der Waals surface area contributed by atoms with Crippen molar-refractivity contribution < 1.29 is 4.92 Å². The number of rotatable bonds is 4. The van der Waals surface area contributed by atoms with Gasteiger partial charge in [-0.25, -0.2) is 0 Å². The molecule has 0 bridgehead atoms. The lowest BCUT2D eigenvalue weighted by atomic mass is 10.0. The summed E-state index contributed by atoms with van der Waals surface area (Å²) in [7, 11) is 0. The number of benzene rings is 1. The minimum atomic E-state index is -0.277. The van der Waals surface area contributed by atoms with Crippen molar-refractivity contribution in [2.75, 3.05) is 24.5 Å². The monoisotopic (exact) mass is 263 g/mol. The molecule has 5 heteroatoms. The highest BCUT2D eigenvalue weighted by molar-refractivity contribution is 5.68. The summed E-state index contributed by atoms with van der Waals surface area (Å²) in [5.74, 6) is 0.